The van der Waals surface area contributed by atoms with Crippen LogP contribution in [0.15, 0.2) is 11.6 Å². The fourth-order valence-corrected chi connectivity index (χ4v) is 3.50. The number of allylic oxidation sites excluding steroid dienone is 1. The van der Waals surface area contributed by atoms with Gasteiger partial charge in [-0.1, -0.05) is 25.8 Å². The largest absolute Gasteiger partial charge is 0.370 e. The van der Waals surface area contributed by atoms with E-state index in [-0.39, 0.29) is 0 Å². The van der Waals surface area contributed by atoms with E-state index in [2.05, 4.69) is 13.0 Å². The quantitative estimate of drug-likeness (QED) is 0.755. The normalized spacial score (nSPS) is 33.7. The molecular formula is C16H26O2. The summed E-state index contributed by atoms with van der Waals surface area (Å²) in [5.74, 6) is 0.896. The van der Waals surface area contributed by atoms with Crippen molar-refractivity contribution in [3.05, 3.63) is 11.6 Å². The molecule has 0 aromatic heterocycles. The summed E-state index contributed by atoms with van der Waals surface area (Å²) >= 11 is 0. The van der Waals surface area contributed by atoms with Crippen molar-refractivity contribution in [1.29, 1.82) is 0 Å². The highest BCUT2D eigenvalue weighted by Gasteiger charge is 2.42. The Labute approximate surface area is 111 Å². The van der Waals surface area contributed by atoms with E-state index in [4.69, 9.17) is 4.74 Å². The number of hydrogen-bond acceptors (Lipinski definition) is 2. The van der Waals surface area contributed by atoms with E-state index in [1.807, 2.05) is 0 Å². The second-order valence-electron chi connectivity index (χ2n) is 6.06. The average Bonchev–Trinajstić information content (AvgIpc) is 2.66. The van der Waals surface area contributed by atoms with Gasteiger partial charge >= 0.3 is 0 Å². The molecule has 2 unspecified atom stereocenters. The number of ketones is 1. The zero-order valence-electron chi connectivity index (χ0n) is 11.8. The standard InChI is InChI=1S/C16H26O2/c1-13-8-7-11-16(12-13,18-2)15(17)14-9-5-3-4-6-10-14/h9,13H,3-8,10-12H2,1-2H3. The molecule has 0 aromatic rings. The third-order valence-corrected chi connectivity index (χ3v) is 4.59. The summed E-state index contributed by atoms with van der Waals surface area (Å²) in [6.07, 6.45) is 12.0. The van der Waals surface area contributed by atoms with E-state index < -0.39 is 5.60 Å². The first-order valence-electron chi connectivity index (χ1n) is 7.47. The Morgan fingerprint density at radius 3 is 2.89 bits per heavy atom. The van der Waals surface area contributed by atoms with E-state index in [1.165, 1.54) is 19.3 Å². The van der Waals surface area contributed by atoms with Crippen LogP contribution in [0.5, 0.6) is 0 Å². The smallest absolute Gasteiger partial charge is 0.190 e. The van der Waals surface area contributed by atoms with Crippen molar-refractivity contribution in [2.24, 2.45) is 5.92 Å². The van der Waals surface area contributed by atoms with Crippen molar-refractivity contribution >= 4 is 5.78 Å². The van der Waals surface area contributed by atoms with Gasteiger partial charge in [-0.3, -0.25) is 4.79 Å². The third kappa shape index (κ3) is 2.85. The molecule has 0 radical (unpaired) electrons. The van der Waals surface area contributed by atoms with Gasteiger partial charge < -0.3 is 4.74 Å². The van der Waals surface area contributed by atoms with Gasteiger partial charge in [-0.2, -0.15) is 0 Å². The summed E-state index contributed by atoms with van der Waals surface area (Å²) in [4.78, 5) is 12.8. The minimum atomic E-state index is -0.506. The lowest BCUT2D eigenvalue weighted by Gasteiger charge is -2.38. The molecule has 2 heteroatoms. The first-order valence-corrected chi connectivity index (χ1v) is 7.47. The minimum absolute atomic E-state index is 0.290. The molecular weight excluding hydrogens is 224 g/mol. The van der Waals surface area contributed by atoms with Gasteiger partial charge in [0, 0.05) is 7.11 Å². The SMILES string of the molecule is COC1(C(=O)C2=CCCCCC2)CCCC(C)C1. The molecule has 0 aliphatic heterocycles. The van der Waals surface area contributed by atoms with Crippen LogP contribution in [-0.4, -0.2) is 18.5 Å². The maximum Gasteiger partial charge on any atom is 0.190 e. The fraction of sp³-hybridized carbons (Fsp3) is 0.812. The summed E-state index contributed by atoms with van der Waals surface area (Å²) in [6, 6.07) is 0. The van der Waals surface area contributed by atoms with Crippen LogP contribution in [-0.2, 0) is 9.53 Å². The second-order valence-corrected chi connectivity index (χ2v) is 6.06. The van der Waals surface area contributed by atoms with E-state index in [0.29, 0.717) is 11.7 Å². The van der Waals surface area contributed by atoms with Crippen molar-refractivity contribution in [3.8, 4) is 0 Å². The second kappa shape index (κ2) is 6.01. The first kappa shape index (κ1) is 13.8. The van der Waals surface area contributed by atoms with Crippen LogP contribution >= 0.6 is 0 Å². The number of carbonyl (C=O) groups excluding carboxylic acids is 1. The van der Waals surface area contributed by atoms with Crippen LogP contribution < -0.4 is 0 Å². The Morgan fingerprint density at radius 1 is 1.33 bits per heavy atom. The van der Waals surface area contributed by atoms with Crippen molar-refractivity contribution in [1.82, 2.24) is 0 Å². The monoisotopic (exact) mass is 250 g/mol. The maximum atomic E-state index is 12.8. The number of methoxy groups -OCH3 is 1. The van der Waals surface area contributed by atoms with E-state index in [1.54, 1.807) is 7.11 Å². The maximum absolute atomic E-state index is 12.8. The Bertz CT molecular complexity index is 332. The topological polar surface area (TPSA) is 26.3 Å². The highest BCUT2D eigenvalue weighted by molar-refractivity contribution is 6.02. The summed E-state index contributed by atoms with van der Waals surface area (Å²) in [5, 5.41) is 0. The lowest BCUT2D eigenvalue weighted by molar-refractivity contribution is -0.143. The van der Waals surface area contributed by atoms with Gasteiger partial charge in [-0.15, -0.1) is 0 Å². The molecule has 0 bridgehead atoms. The van der Waals surface area contributed by atoms with Crippen molar-refractivity contribution in [2.45, 2.75) is 70.3 Å². The lowest BCUT2D eigenvalue weighted by Crippen LogP contribution is -2.45. The third-order valence-electron chi connectivity index (χ3n) is 4.59. The Kier molecular flexibility index (Phi) is 4.60. The highest BCUT2D eigenvalue weighted by Crippen LogP contribution is 2.38. The predicted molar refractivity (Wildman–Crippen MR) is 73.5 cm³/mol. The summed E-state index contributed by atoms with van der Waals surface area (Å²) < 4.78 is 5.71. The molecule has 0 saturated heterocycles. The lowest BCUT2D eigenvalue weighted by atomic mass is 9.74. The molecule has 0 spiro atoms. The molecule has 2 rings (SSSR count). The van der Waals surface area contributed by atoms with Gasteiger partial charge in [0.2, 0.25) is 0 Å². The van der Waals surface area contributed by atoms with Crippen LogP contribution in [0.4, 0.5) is 0 Å². The molecule has 2 nitrogen and oxygen atoms in total. The molecule has 18 heavy (non-hydrogen) atoms. The average molecular weight is 250 g/mol. The summed E-state index contributed by atoms with van der Waals surface area (Å²) in [5.41, 5.74) is 0.539. The van der Waals surface area contributed by atoms with Gasteiger partial charge in [0.25, 0.3) is 0 Å². The van der Waals surface area contributed by atoms with Crippen LogP contribution in [0.2, 0.25) is 0 Å². The molecule has 102 valence electrons. The molecule has 0 heterocycles. The zero-order valence-corrected chi connectivity index (χ0v) is 11.8. The first-order chi connectivity index (χ1) is 8.68. The van der Waals surface area contributed by atoms with E-state index in [9.17, 15) is 4.79 Å². The minimum Gasteiger partial charge on any atom is -0.370 e. The van der Waals surface area contributed by atoms with Crippen LogP contribution in [0.25, 0.3) is 0 Å². The van der Waals surface area contributed by atoms with Crippen molar-refractivity contribution in [2.75, 3.05) is 7.11 Å². The molecule has 0 amide bonds. The van der Waals surface area contributed by atoms with E-state index in [0.717, 1.165) is 44.1 Å². The Balaban J connectivity index is 2.15. The Morgan fingerprint density at radius 2 is 2.17 bits per heavy atom. The number of Topliss-reactive ketones (excluding diaryl/α,β-unsaturated/α-hetero) is 1. The molecule has 0 aromatic carbocycles. The fourth-order valence-electron chi connectivity index (χ4n) is 3.50. The van der Waals surface area contributed by atoms with E-state index >= 15 is 0 Å². The van der Waals surface area contributed by atoms with Crippen LogP contribution in [0.3, 0.4) is 0 Å². The van der Waals surface area contributed by atoms with Gasteiger partial charge in [0.15, 0.2) is 5.78 Å². The van der Waals surface area contributed by atoms with Crippen LogP contribution in [0, 0.1) is 5.92 Å². The molecule has 1 fully saturated rings. The van der Waals surface area contributed by atoms with Crippen molar-refractivity contribution in [3.63, 3.8) is 0 Å². The predicted octanol–water partition coefficient (Wildman–Crippen LogP) is 4.04. The molecule has 2 atom stereocenters. The number of rotatable bonds is 3. The number of carbonyl (C=O) groups is 1. The highest BCUT2D eigenvalue weighted by atomic mass is 16.5. The van der Waals surface area contributed by atoms with Crippen molar-refractivity contribution < 1.29 is 9.53 Å². The summed E-state index contributed by atoms with van der Waals surface area (Å²) in [7, 11) is 1.72. The molecule has 0 N–H and O–H groups in total. The van der Waals surface area contributed by atoms with Gasteiger partial charge in [-0.25, -0.2) is 0 Å². The summed E-state index contributed by atoms with van der Waals surface area (Å²) in [6.45, 7) is 2.24. The molecule has 2 aliphatic carbocycles. The van der Waals surface area contributed by atoms with Gasteiger partial charge in [0.1, 0.15) is 5.60 Å². The Hall–Kier alpha value is -0.630. The zero-order chi connectivity index (χ0) is 13.0. The van der Waals surface area contributed by atoms with Crippen LogP contribution in [0.1, 0.15) is 64.7 Å². The van der Waals surface area contributed by atoms with Gasteiger partial charge in [0.05, 0.1) is 0 Å². The molecule has 1 saturated carbocycles. The molecule has 2 aliphatic rings. The number of ether oxygens (including phenoxy) is 1. The van der Waals surface area contributed by atoms with Gasteiger partial charge in [-0.05, 0) is 56.4 Å². The number of hydrogen-bond donors (Lipinski definition) is 0.